The molecule has 0 fully saturated rings. The molecule has 1 heterocycles. The summed E-state index contributed by atoms with van der Waals surface area (Å²) in [4.78, 5) is 4.25. The van der Waals surface area contributed by atoms with Crippen molar-refractivity contribution < 1.29 is 9.13 Å². The largest absolute Gasteiger partial charge is 0.453 e. The van der Waals surface area contributed by atoms with E-state index in [1.807, 2.05) is 24.3 Å². The van der Waals surface area contributed by atoms with E-state index in [1.54, 1.807) is 24.4 Å². The maximum Gasteiger partial charge on any atom is 0.167 e. The molecule has 3 rings (SSSR count). The Hall–Kier alpha value is -2.13. The van der Waals surface area contributed by atoms with Crippen LogP contribution in [0.3, 0.4) is 0 Å². The predicted octanol–water partition coefficient (Wildman–Crippen LogP) is 4.91. The van der Waals surface area contributed by atoms with Gasteiger partial charge in [0.25, 0.3) is 0 Å². The molecule has 3 aromatic rings. The van der Waals surface area contributed by atoms with Gasteiger partial charge < -0.3 is 4.74 Å². The van der Waals surface area contributed by atoms with Crippen LogP contribution in [-0.2, 0) is 5.88 Å². The van der Waals surface area contributed by atoms with Crippen molar-refractivity contribution in [3.8, 4) is 11.5 Å². The van der Waals surface area contributed by atoms with Gasteiger partial charge in [0.2, 0.25) is 0 Å². The van der Waals surface area contributed by atoms with Gasteiger partial charge in [-0.3, -0.25) is 4.98 Å². The van der Waals surface area contributed by atoms with Crippen LogP contribution in [0.2, 0.25) is 0 Å². The van der Waals surface area contributed by atoms with E-state index >= 15 is 0 Å². The smallest absolute Gasteiger partial charge is 0.167 e. The van der Waals surface area contributed by atoms with Gasteiger partial charge in [-0.25, -0.2) is 4.39 Å². The third-order valence-electron chi connectivity index (χ3n) is 3.01. The average Bonchev–Trinajstić information content (AvgIpc) is 2.49. The molecule has 0 atom stereocenters. The van der Waals surface area contributed by atoms with Gasteiger partial charge in [0.1, 0.15) is 5.75 Å². The number of rotatable bonds is 3. The van der Waals surface area contributed by atoms with Crippen molar-refractivity contribution in [3.05, 3.63) is 66.1 Å². The Morgan fingerprint density at radius 2 is 1.90 bits per heavy atom. The van der Waals surface area contributed by atoms with Gasteiger partial charge in [0.05, 0.1) is 11.4 Å². The summed E-state index contributed by atoms with van der Waals surface area (Å²) in [6.45, 7) is 0. The van der Waals surface area contributed by atoms with Gasteiger partial charge in [-0.1, -0.05) is 18.2 Å². The number of hydrogen-bond acceptors (Lipinski definition) is 2. The summed E-state index contributed by atoms with van der Waals surface area (Å²) < 4.78 is 19.7. The lowest BCUT2D eigenvalue weighted by Gasteiger charge is -2.12. The Balaban J connectivity index is 2.10. The second-order valence-electron chi connectivity index (χ2n) is 4.29. The maximum absolute atomic E-state index is 13.9. The summed E-state index contributed by atoms with van der Waals surface area (Å²) in [5, 5.41) is 0.832. The number of pyridine rings is 1. The summed E-state index contributed by atoms with van der Waals surface area (Å²) in [6, 6.07) is 13.9. The fourth-order valence-electron chi connectivity index (χ4n) is 2.05. The predicted molar refractivity (Wildman–Crippen MR) is 77.8 cm³/mol. The van der Waals surface area contributed by atoms with E-state index in [4.69, 9.17) is 16.3 Å². The van der Waals surface area contributed by atoms with E-state index < -0.39 is 5.82 Å². The highest BCUT2D eigenvalue weighted by Crippen LogP contribution is 2.33. The lowest BCUT2D eigenvalue weighted by molar-refractivity contribution is 0.442. The van der Waals surface area contributed by atoms with Crippen LogP contribution in [0.15, 0.2) is 54.7 Å². The van der Waals surface area contributed by atoms with Gasteiger partial charge in [-0.2, -0.15) is 0 Å². The Labute approximate surface area is 120 Å². The molecule has 20 heavy (non-hydrogen) atoms. The molecule has 2 aromatic carbocycles. The Morgan fingerprint density at radius 3 is 2.75 bits per heavy atom. The lowest BCUT2D eigenvalue weighted by atomic mass is 10.2. The zero-order valence-electron chi connectivity index (χ0n) is 10.5. The zero-order chi connectivity index (χ0) is 13.9. The molecule has 0 aliphatic carbocycles. The molecule has 0 aliphatic rings. The minimum atomic E-state index is -0.427. The molecular weight excluding hydrogens is 277 g/mol. The van der Waals surface area contributed by atoms with Crippen molar-refractivity contribution in [2.45, 2.75) is 5.88 Å². The van der Waals surface area contributed by atoms with Crippen molar-refractivity contribution in [3.63, 3.8) is 0 Å². The molecular formula is C16H11ClFNO. The van der Waals surface area contributed by atoms with Crippen LogP contribution in [0.25, 0.3) is 10.9 Å². The van der Waals surface area contributed by atoms with E-state index in [-0.39, 0.29) is 11.6 Å². The van der Waals surface area contributed by atoms with Crippen molar-refractivity contribution in [2.75, 3.05) is 0 Å². The van der Waals surface area contributed by atoms with E-state index in [0.29, 0.717) is 11.3 Å². The number of ether oxygens (including phenoxy) is 1. The van der Waals surface area contributed by atoms with Gasteiger partial charge in [-0.05, 0) is 30.3 Å². The van der Waals surface area contributed by atoms with Crippen LogP contribution in [0, 0.1) is 5.82 Å². The Morgan fingerprint density at radius 1 is 1.05 bits per heavy atom. The quantitative estimate of drug-likeness (QED) is 0.639. The summed E-state index contributed by atoms with van der Waals surface area (Å²) in [5.74, 6) is 0.491. The van der Waals surface area contributed by atoms with Crippen LogP contribution < -0.4 is 4.74 Å². The number of fused-ring (bicyclic) bond motifs is 1. The average molecular weight is 288 g/mol. The first-order valence-electron chi connectivity index (χ1n) is 6.14. The first-order chi connectivity index (χ1) is 9.79. The minimum Gasteiger partial charge on any atom is -0.453 e. The van der Waals surface area contributed by atoms with Crippen molar-refractivity contribution >= 4 is 22.5 Å². The summed E-state index contributed by atoms with van der Waals surface area (Å²) in [7, 11) is 0. The number of hydrogen-bond donors (Lipinski definition) is 0. The standard InChI is InChI=1S/C16H11ClFNO/c17-10-11-4-1-6-13(18)16(11)20-15-8-2-7-14-12(15)5-3-9-19-14/h1-9H,10H2. The van der Waals surface area contributed by atoms with Crippen LogP contribution >= 0.6 is 11.6 Å². The van der Waals surface area contributed by atoms with Crippen LogP contribution in [0.5, 0.6) is 11.5 Å². The molecule has 0 spiro atoms. The van der Waals surface area contributed by atoms with Gasteiger partial charge >= 0.3 is 0 Å². The molecule has 1 aromatic heterocycles. The van der Waals surface area contributed by atoms with Gasteiger partial charge in [-0.15, -0.1) is 11.6 Å². The fraction of sp³-hybridized carbons (Fsp3) is 0.0625. The maximum atomic E-state index is 13.9. The Bertz CT molecular complexity index is 755. The number of alkyl halides is 1. The number of halogens is 2. The van der Waals surface area contributed by atoms with Crippen molar-refractivity contribution in [1.29, 1.82) is 0 Å². The molecule has 0 radical (unpaired) electrons. The second-order valence-corrected chi connectivity index (χ2v) is 4.56. The molecule has 4 heteroatoms. The highest BCUT2D eigenvalue weighted by atomic mass is 35.5. The number of nitrogens with zero attached hydrogens (tertiary/aromatic N) is 1. The SMILES string of the molecule is Fc1cccc(CCl)c1Oc1cccc2ncccc12. The summed E-state index contributed by atoms with van der Waals surface area (Å²) >= 11 is 5.83. The van der Waals surface area contributed by atoms with E-state index in [1.165, 1.54) is 6.07 Å². The highest BCUT2D eigenvalue weighted by molar-refractivity contribution is 6.17. The van der Waals surface area contributed by atoms with Crippen molar-refractivity contribution in [1.82, 2.24) is 4.98 Å². The molecule has 0 aliphatic heterocycles. The third-order valence-corrected chi connectivity index (χ3v) is 3.30. The molecule has 0 saturated heterocycles. The van der Waals surface area contributed by atoms with Gasteiger partial charge in [0.15, 0.2) is 11.6 Å². The summed E-state index contributed by atoms with van der Waals surface area (Å²) in [6.07, 6.45) is 1.71. The number of benzene rings is 2. The first kappa shape index (κ1) is 12.9. The fourth-order valence-corrected chi connectivity index (χ4v) is 2.26. The van der Waals surface area contributed by atoms with E-state index in [9.17, 15) is 4.39 Å². The molecule has 0 N–H and O–H groups in total. The summed E-state index contributed by atoms with van der Waals surface area (Å²) in [5.41, 5.74) is 1.42. The highest BCUT2D eigenvalue weighted by Gasteiger charge is 2.12. The molecule has 0 amide bonds. The normalized spacial score (nSPS) is 10.7. The molecule has 0 saturated carbocycles. The van der Waals surface area contributed by atoms with Crippen molar-refractivity contribution in [2.24, 2.45) is 0 Å². The first-order valence-corrected chi connectivity index (χ1v) is 6.68. The van der Waals surface area contributed by atoms with Crippen LogP contribution in [0.4, 0.5) is 4.39 Å². The van der Waals surface area contributed by atoms with E-state index in [0.717, 1.165) is 10.9 Å². The number of aromatic nitrogens is 1. The molecule has 2 nitrogen and oxygen atoms in total. The number of para-hydroxylation sites is 1. The van der Waals surface area contributed by atoms with Crippen LogP contribution in [0.1, 0.15) is 5.56 Å². The van der Waals surface area contributed by atoms with E-state index in [2.05, 4.69) is 4.98 Å². The van der Waals surface area contributed by atoms with Gasteiger partial charge in [0, 0.05) is 17.1 Å². The zero-order valence-corrected chi connectivity index (χ0v) is 11.3. The van der Waals surface area contributed by atoms with Crippen LogP contribution in [-0.4, -0.2) is 4.98 Å². The third kappa shape index (κ3) is 2.32. The molecule has 0 bridgehead atoms. The topological polar surface area (TPSA) is 22.1 Å². The minimum absolute atomic E-state index is 0.166. The molecule has 100 valence electrons. The lowest BCUT2D eigenvalue weighted by Crippen LogP contribution is -1.94. The monoisotopic (exact) mass is 287 g/mol. The second kappa shape index (κ2) is 5.47. The Kier molecular flexibility index (Phi) is 3.52. The molecule has 0 unspecified atom stereocenters.